The van der Waals surface area contributed by atoms with Gasteiger partial charge < -0.3 is 92.3 Å². The molecule has 0 aliphatic carbocycles. The molecule has 5 heterocycles. The number of hydrogen-bond donors (Lipinski definition) is 8. The third-order valence-electron chi connectivity index (χ3n) is 15.8. The maximum Gasteiger partial charge on any atom is 0.483 e. The smallest absolute Gasteiger partial charge is 0.463 e. The molecule has 21 atom stereocenters. The highest BCUT2D eigenvalue weighted by Crippen LogP contribution is 2.62. The highest BCUT2D eigenvalue weighted by molar-refractivity contribution is 7.61. The molecule has 102 heavy (non-hydrogen) atoms. The van der Waals surface area contributed by atoms with Crippen molar-refractivity contribution in [3.05, 3.63) is 105 Å². The highest BCUT2D eigenvalue weighted by Gasteiger charge is 2.53. The quantitative estimate of drug-likeness (QED) is 0.0270. The number of nitrogens with one attached hydrogen (secondary N) is 1. The molecule has 0 bridgehead atoms. The number of aromatic nitrogens is 2. The Labute approximate surface area is 583 Å². The number of Topliss-reactive ketones (excluding diaryl/α,β-unsaturated/α-hetero) is 3. The van der Waals surface area contributed by atoms with Crippen LogP contribution in [0.1, 0.15) is 106 Å². The molecule has 21 unspecified atom stereocenters. The molecular formula is C62H87N2O35P3. The van der Waals surface area contributed by atoms with Gasteiger partial charge in [-0.2, -0.15) is 4.31 Å². The second kappa shape index (κ2) is 39.6. The summed E-state index contributed by atoms with van der Waals surface area (Å²) in [5.41, 5.74) is -0.262. The maximum absolute atomic E-state index is 14.0. The maximum atomic E-state index is 14.0. The van der Waals surface area contributed by atoms with Crippen LogP contribution < -0.4 is 11.2 Å². The number of aromatic amines is 1. The van der Waals surface area contributed by atoms with E-state index in [1.165, 1.54) is 48.5 Å². The molecule has 4 saturated heterocycles. The van der Waals surface area contributed by atoms with E-state index >= 15 is 0 Å². The first-order valence-corrected chi connectivity index (χ1v) is 36.1. The molecule has 0 saturated carbocycles. The van der Waals surface area contributed by atoms with Gasteiger partial charge in [0, 0.05) is 95.7 Å². The fraction of sp³-hybridized carbons (Fsp3) is 0.613. The molecule has 1 aromatic heterocycles. The molecule has 0 radical (unpaired) electrons. The minimum atomic E-state index is -5.59. The Morgan fingerprint density at radius 1 is 0.490 bits per heavy atom. The Balaban J connectivity index is 0.000000284. The van der Waals surface area contributed by atoms with Crippen molar-refractivity contribution >= 4 is 70.7 Å². The lowest BCUT2D eigenvalue weighted by Gasteiger charge is -2.44. The van der Waals surface area contributed by atoms with Gasteiger partial charge in [-0.05, 0) is 31.9 Å². The number of phosphoric ester groups is 3. The van der Waals surface area contributed by atoms with Crippen molar-refractivity contribution in [2.24, 2.45) is 29.6 Å². The van der Waals surface area contributed by atoms with Crippen LogP contribution in [0.3, 0.4) is 0 Å². The fourth-order valence-corrected chi connectivity index (χ4v) is 14.5. The van der Waals surface area contributed by atoms with Crippen LogP contribution in [0.25, 0.3) is 0 Å². The summed E-state index contributed by atoms with van der Waals surface area (Å²) in [4.78, 5) is 137. The van der Waals surface area contributed by atoms with Crippen molar-refractivity contribution in [1.82, 2.24) is 9.55 Å². The molecule has 0 spiro atoms. The second-order valence-corrected chi connectivity index (χ2v) is 28.8. The standard InChI is InChI=1S/C28H35O10P.C18H28N2O17P2.C16H24O8/c1-19(29)15-25-20(2)27(36-22(4)31)26(18-33-21(3)30)37-28(25)38-39(32,34-16-23-11-7-5-8-12-23)35-17-24-13-9-6-10-14-24;1-7(22)4-8-12(24)13(25)9(5-21)35-17(8)36-39(31,32)37-38(29,30)33-6-10-14(26)15(27)16(34-10)20-3-2-11(23)19-18(20)28;1-8(17)6-13-9(2)15(22-11(4)19)14(7-21-10(3)18)24-16(13)23-12(5)20/h5-14,20,25-28H,15-18H2,1-4H3;2-3,8-10,12-17,21,24-27H,4-6H2,1H3,(H,29,30)(H,31,32)(H,19,23,28);9,13-16H,6-7H2,1-5H3. The van der Waals surface area contributed by atoms with Crippen LogP contribution in [0.2, 0.25) is 0 Å². The summed E-state index contributed by atoms with van der Waals surface area (Å²) in [5.74, 6) is -6.94. The van der Waals surface area contributed by atoms with Crippen LogP contribution in [-0.2, 0) is 135 Å². The number of phosphoric acid groups is 3. The van der Waals surface area contributed by atoms with E-state index in [-0.39, 0.29) is 56.8 Å². The molecule has 570 valence electrons. The average molecular weight is 1510 g/mol. The minimum absolute atomic E-state index is 0.0126. The van der Waals surface area contributed by atoms with Crippen LogP contribution in [0, 0.1) is 29.6 Å². The summed E-state index contributed by atoms with van der Waals surface area (Å²) >= 11 is 0. The Hall–Kier alpha value is -6.51. The summed E-state index contributed by atoms with van der Waals surface area (Å²) in [6.07, 6.45) is -18.6. The van der Waals surface area contributed by atoms with Crippen molar-refractivity contribution in [2.45, 2.75) is 188 Å². The number of esters is 5. The van der Waals surface area contributed by atoms with E-state index < -0.39 is 200 Å². The van der Waals surface area contributed by atoms with E-state index in [0.717, 1.165) is 34.9 Å². The summed E-state index contributed by atoms with van der Waals surface area (Å²) < 4.78 is 119. The van der Waals surface area contributed by atoms with E-state index in [0.29, 0.717) is 0 Å². The van der Waals surface area contributed by atoms with Gasteiger partial charge in [0.05, 0.1) is 32.5 Å². The van der Waals surface area contributed by atoms with Crippen LogP contribution in [0.15, 0.2) is 82.5 Å². The first kappa shape index (κ1) is 86.1. The zero-order valence-corrected chi connectivity index (χ0v) is 59.8. The largest absolute Gasteiger partial charge is 0.483 e. The van der Waals surface area contributed by atoms with Gasteiger partial charge in [0.15, 0.2) is 18.8 Å². The van der Waals surface area contributed by atoms with Gasteiger partial charge >= 0.3 is 59.0 Å². The lowest BCUT2D eigenvalue weighted by Crippen LogP contribution is -2.56. The summed E-state index contributed by atoms with van der Waals surface area (Å²) in [6, 6.07) is 19.1. The number of carbonyl (C=O) groups excluding carboxylic acids is 8. The average Bonchev–Trinajstić information content (AvgIpc) is 0.943. The minimum Gasteiger partial charge on any atom is -0.463 e. The number of benzene rings is 2. The number of ketones is 3. The Morgan fingerprint density at radius 2 is 0.922 bits per heavy atom. The third kappa shape index (κ3) is 26.9. The molecule has 3 aromatic rings. The fourth-order valence-electron chi connectivity index (χ4n) is 11.1. The normalized spacial score (nSPS) is 29.6. The van der Waals surface area contributed by atoms with Crippen molar-refractivity contribution in [3.8, 4) is 0 Å². The zero-order valence-electron chi connectivity index (χ0n) is 57.1. The molecular weight excluding hydrogens is 1430 g/mol. The van der Waals surface area contributed by atoms with E-state index in [1.807, 2.05) is 41.4 Å². The van der Waals surface area contributed by atoms with E-state index in [9.17, 15) is 97.0 Å². The van der Waals surface area contributed by atoms with Crippen LogP contribution in [0.5, 0.6) is 0 Å². The molecule has 7 rings (SSSR count). The molecule has 37 nitrogen and oxygen atoms in total. The number of nitrogens with zero attached hydrogens (tertiary/aromatic N) is 1. The molecule has 40 heteroatoms. The molecule has 0 amide bonds. The number of H-pyrrole nitrogens is 1. The summed E-state index contributed by atoms with van der Waals surface area (Å²) in [5, 5.41) is 50.0. The zero-order chi connectivity index (χ0) is 76.1. The SMILES string of the molecule is CC(=O)CC1C(OC(C)=O)OC(COC(C)=O)C(OC(C)=O)C1C.CC(=O)CC1C(OP(=O)(O)OP(=O)(O)OCC2OC(n3ccc(=O)[nH]c3=O)C(O)C2O)OC(CO)C(O)C1O.CC(=O)CC1C(OP(=O)(OCc2ccccc2)OCc2ccccc2)OC(COC(C)=O)C(OC(C)=O)C1C. The number of rotatable bonds is 30. The van der Waals surface area contributed by atoms with Gasteiger partial charge in [-0.15, -0.1) is 0 Å². The van der Waals surface area contributed by atoms with E-state index in [2.05, 4.69) is 8.83 Å². The topological polar surface area (TPSA) is 523 Å². The number of carbonyl (C=O) groups is 8. The van der Waals surface area contributed by atoms with E-state index in [1.54, 1.807) is 38.1 Å². The summed E-state index contributed by atoms with van der Waals surface area (Å²) in [7, 11) is -15.4. The Kier molecular flexibility index (Phi) is 33.4. The monoisotopic (exact) mass is 1510 g/mol. The van der Waals surface area contributed by atoms with Gasteiger partial charge in [0.25, 0.3) is 5.56 Å². The molecule has 2 aromatic carbocycles. The predicted octanol–water partition coefficient (Wildman–Crippen LogP) is 2.44. The lowest BCUT2D eigenvalue weighted by atomic mass is 9.80. The Bertz CT molecular complexity index is 3530. The van der Waals surface area contributed by atoms with E-state index in [4.69, 9.17) is 60.7 Å². The molecule has 4 fully saturated rings. The number of aliphatic hydroxyl groups is 5. The number of hydrogen-bond acceptors (Lipinski definition) is 33. The van der Waals surface area contributed by atoms with Gasteiger partial charge in [0.1, 0.15) is 85.5 Å². The third-order valence-corrected chi connectivity index (χ3v) is 19.8. The van der Waals surface area contributed by atoms with Crippen molar-refractivity contribution < 1.29 is 157 Å². The Morgan fingerprint density at radius 3 is 1.36 bits per heavy atom. The van der Waals surface area contributed by atoms with Crippen LogP contribution in [0.4, 0.5) is 0 Å². The second-order valence-electron chi connectivity index (χ2n) is 24.1. The molecule has 4 aliphatic heterocycles. The van der Waals surface area contributed by atoms with Crippen molar-refractivity contribution in [1.29, 1.82) is 0 Å². The van der Waals surface area contributed by atoms with Crippen molar-refractivity contribution in [2.75, 3.05) is 26.4 Å². The first-order chi connectivity index (χ1) is 47.7. The number of ether oxygens (including phenoxy) is 9. The summed E-state index contributed by atoms with van der Waals surface area (Å²) in [6.45, 7) is 11.3. The first-order valence-electron chi connectivity index (χ1n) is 31.6. The van der Waals surface area contributed by atoms with Gasteiger partial charge in [-0.3, -0.25) is 60.9 Å². The van der Waals surface area contributed by atoms with Crippen LogP contribution >= 0.6 is 23.5 Å². The van der Waals surface area contributed by atoms with Gasteiger partial charge in [-0.1, -0.05) is 74.5 Å². The van der Waals surface area contributed by atoms with Crippen LogP contribution in [-0.4, -0.2) is 198 Å². The number of aliphatic hydroxyl groups excluding tert-OH is 5. The highest BCUT2D eigenvalue weighted by atomic mass is 31.3. The van der Waals surface area contributed by atoms with Crippen molar-refractivity contribution in [3.63, 3.8) is 0 Å². The predicted molar refractivity (Wildman–Crippen MR) is 342 cm³/mol. The van der Waals surface area contributed by atoms with Gasteiger partial charge in [0.2, 0.25) is 6.29 Å². The lowest BCUT2D eigenvalue weighted by molar-refractivity contribution is -0.268. The van der Waals surface area contributed by atoms with Gasteiger partial charge in [-0.25, -0.2) is 18.5 Å². The molecule has 8 N–H and O–H groups in total. The molecule has 4 aliphatic rings.